The van der Waals surface area contributed by atoms with E-state index >= 15 is 0 Å². The van der Waals surface area contributed by atoms with Crippen molar-refractivity contribution < 1.29 is 9.59 Å². The first-order chi connectivity index (χ1) is 8.54. The molecule has 0 aliphatic carbocycles. The van der Waals surface area contributed by atoms with Gasteiger partial charge >= 0.3 is 0 Å². The number of ketones is 1. The molecule has 0 fully saturated rings. The van der Waals surface area contributed by atoms with Crippen LogP contribution in [0, 0.1) is 5.92 Å². The van der Waals surface area contributed by atoms with Crippen LogP contribution < -0.4 is 10.6 Å². The minimum atomic E-state index is -0.106. The van der Waals surface area contributed by atoms with Crippen molar-refractivity contribution in [3.8, 4) is 0 Å². The van der Waals surface area contributed by atoms with E-state index in [0.717, 1.165) is 6.54 Å². The number of carbonyl (C=O) groups excluding carboxylic acids is 2. The Kier molecular flexibility index (Phi) is 5.52. The summed E-state index contributed by atoms with van der Waals surface area (Å²) in [7, 11) is 0. The van der Waals surface area contributed by atoms with Crippen LogP contribution in [-0.2, 0) is 4.79 Å². The summed E-state index contributed by atoms with van der Waals surface area (Å²) in [5.41, 5.74) is 1.27. The van der Waals surface area contributed by atoms with E-state index in [1.165, 1.54) is 6.92 Å². The van der Waals surface area contributed by atoms with Gasteiger partial charge in [0, 0.05) is 23.7 Å². The Morgan fingerprint density at radius 3 is 2.67 bits per heavy atom. The average molecular weight is 248 g/mol. The van der Waals surface area contributed by atoms with Crippen molar-refractivity contribution in [3.05, 3.63) is 29.8 Å². The van der Waals surface area contributed by atoms with E-state index in [0.29, 0.717) is 17.8 Å². The summed E-state index contributed by atoms with van der Waals surface area (Å²) in [6.45, 7) is 6.87. The number of benzene rings is 1. The van der Waals surface area contributed by atoms with Crippen molar-refractivity contribution in [2.75, 3.05) is 18.4 Å². The third-order valence-corrected chi connectivity index (χ3v) is 2.68. The molecular weight excluding hydrogens is 228 g/mol. The second-order valence-corrected chi connectivity index (χ2v) is 4.33. The average Bonchev–Trinajstić information content (AvgIpc) is 2.36. The summed E-state index contributed by atoms with van der Waals surface area (Å²) < 4.78 is 0. The molecule has 1 rings (SSSR count). The molecule has 18 heavy (non-hydrogen) atoms. The maximum atomic E-state index is 11.9. The highest BCUT2D eigenvalue weighted by molar-refractivity contribution is 5.97. The van der Waals surface area contributed by atoms with Gasteiger partial charge in [0.1, 0.15) is 0 Å². The Balaban J connectivity index is 2.64. The second kappa shape index (κ2) is 6.91. The van der Waals surface area contributed by atoms with Gasteiger partial charge in [0.2, 0.25) is 5.91 Å². The molecule has 0 bridgehead atoms. The number of amides is 1. The van der Waals surface area contributed by atoms with Crippen molar-refractivity contribution in [1.82, 2.24) is 5.32 Å². The number of hydrogen-bond acceptors (Lipinski definition) is 3. The molecule has 0 spiro atoms. The van der Waals surface area contributed by atoms with Gasteiger partial charge in [0.25, 0.3) is 0 Å². The monoisotopic (exact) mass is 248 g/mol. The SMILES string of the molecule is CCNCC(C)C(=O)Nc1cccc(C(C)=O)c1. The van der Waals surface area contributed by atoms with Crippen LogP contribution in [0.3, 0.4) is 0 Å². The number of carbonyl (C=O) groups is 2. The summed E-state index contributed by atoms with van der Waals surface area (Å²) in [5.74, 6) is -0.158. The fourth-order valence-corrected chi connectivity index (χ4v) is 1.53. The normalized spacial score (nSPS) is 11.9. The minimum absolute atomic E-state index is 0.00760. The maximum Gasteiger partial charge on any atom is 0.228 e. The predicted molar refractivity (Wildman–Crippen MR) is 72.8 cm³/mol. The lowest BCUT2D eigenvalue weighted by atomic mass is 10.1. The zero-order chi connectivity index (χ0) is 13.5. The Hall–Kier alpha value is -1.68. The molecule has 1 unspecified atom stereocenters. The molecule has 1 aromatic carbocycles. The van der Waals surface area contributed by atoms with E-state index in [4.69, 9.17) is 0 Å². The summed E-state index contributed by atoms with van der Waals surface area (Å²) in [4.78, 5) is 23.1. The highest BCUT2D eigenvalue weighted by Crippen LogP contribution is 2.12. The molecule has 0 heterocycles. The first-order valence-electron chi connectivity index (χ1n) is 6.17. The van der Waals surface area contributed by atoms with Crippen LogP contribution in [0.4, 0.5) is 5.69 Å². The van der Waals surface area contributed by atoms with Crippen molar-refractivity contribution in [1.29, 1.82) is 0 Å². The zero-order valence-electron chi connectivity index (χ0n) is 11.1. The lowest BCUT2D eigenvalue weighted by Crippen LogP contribution is -2.30. The minimum Gasteiger partial charge on any atom is -0.326 e. The third-order valence-electron chi connectivity index (χ3n) is 2.68. The molecule has 0 saturated heterocycles. The van der Waals surface area contributed by atoms with Crippen molar-refractivity contribution in [2.24, 2.45) is 5.92 Å². The van der Waals surface area contributed by atoms with Crippen LogP contribution in [0.15, 0.2) is 24.3 Å². The highest BCUT2D eigenvalue weighted by atomic mass is 16.2. The Morgan fingerprint density at radius 1 is 1.33 bits per heavy atom. The first-order valence-corrected chi connectivity index (χ1v) is 6.17. The highest BCUT2D eigenvalue weighted by Gasteiger charge is 2.12. The van der Waals surface area contributed by atoms with Crippen LogP contribution in [0.5, 0.6) is 0 Å². The van der Waals surface area contributed by atoms with Crippen molar-refractivity contribution >= 4 is 17.4 Å². The largest absolute Gasteiger partial charge is 0.326 e. The fraction of sp³-hybridized carbons (Fsp3) is 0.429. The van der Waals surface area contributed by atoms with Gasteiger partial charge in [0.15, 0.2) is 5.78 Å². The van der Waals surface area contributed by atoms with E-state index in [2.05, 4.69) is 10.6 Å². The fourth-order valence-electron chi connectivity index (χ4n) is 1.53. The quantitative estimate of drug-likeness (QED) is 0.758. The van der Waals surface area contributed by atoms with E-state index in [-0.39, 0.29) is 17.6 Å². The van der Waals surface area contributed by atoms with Gasteiger partial charge < -0.3 is 10.6 Å². The Labute approximate surface area is 108 Å². The molecule has 2 N–H and O–H groups in total. The zero-order valence-corrected chi connectivity index (χ0v) is 11.1. The third kappa shape index (κ3) is 4.30. The maximum absolute atomic E-state index is 11.9. The van der Waals surface area contributed by atoms with Gasteiger partial charge in [-0.25, -0.2) is 0 Å². The molecule has 4 nitrogen and oxygen atoms in total. The summed E-state index contributed by atoms with van der Waals surface area (Å²) in [5, 5.41) is 5.94. The Morgan fingerprint density at radius 2 is 2.06 bits per heavy atom. The molecular formula is C14H20N2O2. The topological polar surface area (TPSA) is 58.2 Å². The van der Waals surface area contributed by atoms with Crippen molar-refractivity contribution in [2.45, 2.75) is 20.8 Å². The standard InChI is InChI=1S/C14H20N2O2/c1-4-15-9-10(2)14(18)16-13-7-5-6-12(8-13)11(3)17/h5-8,10,15H,4,9H2,1-3H3,(H,16,18). The molecule has 0 saturated carbocycles. The lowest BCUT2D eigenvalue weighted by molar-refractivity contribution is -0.119. The van der Waals surface area contributed by atoms with Crippen molar-refractivity contribution in [3.63, 3.8) is 0 Å². The molecule has 0 aliphatic heterocycles. The van der Waals surface area contributed by atoms with Crippen LogP contribution in [0.25, 0.3) is 0 Å². The van der Waals surface area contributed by atoms with Crippen LogP contribution in [-0.4, -0.2) is 24.8 Å². The first kappa shape index (κ1) is 14.4. The van der Waals surface area contributed by atoms with E-state index in [1.807, 2.05) is 13.8 Å². The molecule has 98 valence electrons. The van der Waals surface area contributed by atoms with Crippen LogP contribution in [0.2, 0.25) is 0 Å². The summed E-state index contributed by atoms with van der Waals surface area (Å²) >= 11 is 0. The second-order valence-electron chi connectivity index (χ2n) is 4.33. The summed E-state index contributed by atoms with van der Waals surface area (Å²) in [6.07, 6.45) is 0. The van der Waals surface area contributed by atoms with Gasteiger partial charge in [-0.15, -0.1) is 0 Å². The molecule has 4 heteroatoms. The molecule has 1 atom stereocenters. The lowest BCUT2D eigenvalue weighted by Gasteiger charge is -2.12. The molecule has 0 radical (unpaired) electrons. The molecule has 0 aliphatic rings. The number of rotatable bonds is 6. The van der Waals surface area contributed by atoms with Crippen LogP contribution >= 0.6 is 0 Å². The van der Waals surface area contributed by atoms with Gasteiger partial charge in [-0.2, -0.15) is 0 Å². The number of Topliss-reactive ketones (excluding diaryl/α,β-unsaturated/α-hetero) is 1. The van der Waals surface area contributed by atoms with Gasteiger partial charge in [-0.1, -0.05) is 26.0 Å². The smallest absolute Gasteiger partial charge is 0.228 e. The number of hydrogen-bond donors (Lipinski definition) is 2. The summed E-state index contributed by atoms with van der Waals surface area (Å²) in [6, 6.07) is 6.98. The van der Waals surface area contributed by atoms with E-state index in [1.54, 1.807) is 24.3 Å². The molecule has 1 amide bonds. The predicted octanol–water partition coefficient (Wildman–Crippen LogP) is 2.07. The van der Waals surface area contributed by atoms with Crippen LogP contribution in [0.1, 0.15) is 31.1 Å². The molecule has 1 aromatic rings. The Bertz CT molecular complexity index is 430. The number of anilines is 1. The molecule has 0 aromatic heterocycles. The van der Waals surface area contributed by atoms with Gasteiger partial charge in [-0.05, 0) is 25.6 Å². The van der Waals surface area contributed by atoms with Gasteiger partial charge in [0.05, 0.1) is 0 Å². The van der Waals surface area contributed by atoms with Gasteiger partial charge in [-0.3, -0.25) is 9.59 Å². The van der Waals surface area contributed by atoms with E-state index < -0.39 is 0 Å². The van der Waals surface area contributed by atoms with E-state index in [9.17, 15) is 9.59 Å². The number of nitrogens with one attached hydrogen (secondary N) is 2.